The summed E-state index contributed by atoms with van der Waals surface area (Å²) < 4.78 is 37.7. The molecule has 1 aliphatic rings. The fourth-order valence-corrected chi connectivity index (χ4v) is 4.06. The van der Waals surface area contributed by atoms with Crippen LogP contribution >= 0.6 is 11.6 Å². The van der Waals surface area contributed by atoms with E-state index in [0.717, 1.165) is 0 Å². The molecule has 0 fully saturated rings. The SMILES string of the molecule is CC(C)NS(=O)(=O)c1ccc(NC(=O)c2cc(Cl)c3c(c2)OCCO3)cc1. The van der Waals surface area contributed by atoms with Gasteiger partial charge >= 0.3 is 0 Å². The van der Waals surface area contributed by atoms with Crippen LogP contribution in [-0.2, 0) is 10.0 Å². The average Bonchev–Trinajstić information content (AvgIpc) is 2.61. The van der Waals surface area contributed by atoms with E-state index < -0.39 is 15.9 Å². The molecule has 0 aliphatic carbocycles. The van der Waals surface area contributed by atoms with E-state index in [0.29, 0.717) is 41.0 Å². The van der Waals surface area contributed by atoms with Gasteiger partial charge in [-0.25, -0.2) is 13.1 Å². The molecule has 0 saturated carbocycles. The van der Waals surface area contributed by atoms with E-state index in [2.05, 4.69) is 10.0 Å². The van der Waals surface area contributed by atoms with Gasteiger partial charge in [0.25, 0.3) is 5.91 Å². The highest BCUT2D eigenvalue weighted by atomic mass is 35.5. The summed E-state index contributed by atoms with van der Waals surface area (Å²) >= 11 is 6.15. The number of sulfonamides is 1. The minimum atomic E-state index is -3.58. The Morgan fingerprint density at radius 3 is 2.44 bits per heavy atom. The van der Waals surface area contributed by atoms with E-state index in [1.54, 1.807) is 19.9 Å². The first-order valence-electron chi connectivity index (χ1n) is 8.29. The highest BCUT2D eigenvalue weighted by Gasteiger charge is 2.20. The number of carbonyl (C=O) groups excluding carboxylic acids is 1. The molecule has 0 saturated heterocycles. The van der Waals surface area contributed by atoms with Crippen molar-refractivity contribution >= 4 is 33.2 Å². The lowest BCUT2D eigenvalue weighted by Gasteiger charge is -2.20. The van der Waals surface area contributed by atoms with E-state index in [-0.39, 0.29) is 10.9 Å². The molecule has 9 heteroatoms. The van der Waals surface area contributed by atoms with Gasteiger partial charge in [-0.05, 0) is 50.2 Å². The molecule has 2 aromatic carbocycles. The van der Waals surface area contributed by atoms with Crippen molar-refractivity contribution in [3.05, 3.63) is 47.0 Å². The van der Waals surface area contributed by atoms with Gasteiger partial charge in [0.2, 0.25) is 10.0 Å². The first-order chi connectivity index (χ1) is 12.8. The van der Waals surface area contributed by atoms with Crippen LogP contribution in [0.1, 0.15) is 24.2 Å². The molecule has 0 spiro atoms. The first kappa shape index (κ1) is 19.5. The first-order valence-corrected chi connectivity index (χ1v) is 10.2. The normalized spacial score (nSPS) is 13.5. The number of fused-ring (bicyclic) bond motifs is 1. The lowest BCUT2D eigenvalue weighted by molar-refractivity contribution is 0.102. The van der Waals surface area contributed by atoms with Crippen LogP contribution in [0.4, 0.5) is 5.69 Å². The second-order valence-electron chi connectivity index (χ2n) is 6.24. The van der Waals surface area contributed by atoms with Crippen LogP contribution in [0, 0.1) is 0 Å². The minimum Gasteiger partial charge on any atom is -0.486 e. The van der Waals surface area contributed by atoms with Crippen LogP contribution in [0.3, 0.4) is 0 Å². The molecule has 7 nitrogen and oxygen atoms in total. The van der Waals surface area contributed by atoms with Gasteiger partial charge < -0.3 is 14.8 Å². The molecule has 27 heavy (non-hydrogen) atoms. The zero-order valence-corrected chi connectivity index (χ0v) is 16.4. The van der Waals surface area contributed by atoms with Crippen LogP contribution in [-0.4, -0.2) is 33.6 Å². The number of hydrogen-bond acceptors (Lipinski definition) is 5. The van der Waals surface area contributed by atoms with E-state index >= 15 is 0 Å². The second-order valence-corrected chi connectivity index (χ2v) is 8.36. The summed E-state index contributed by atoms with van der Waals surface area (Å²) in [6.07, 6.45) is 0. The molecule has 1 heterocycles. The van der Waals surface area contributed by atoms with Crippen molar-refractivity contribution in [1.82, 2.24) is 4.72 Å². The molecular formula is C18H19ClN2O5S. The average molecular weight is 411 g/mol. The third kappa shape index (κ3) is 4.52. The van der Waals surface area contributed by atoms with Gasteiger partial charge in [-0.3, -0.25) is 4.79 Å². The Labute approximate surface area is 162 Å². The van der Waals surface area contributed by atoms with Crippen molar-refractivity contribution in [2.45, 2.75) is 24.8 Å². The Balaban J connectivity index is 1.76. The number of rotatable bonds is 5. The Bertz CT molecular complexity index is 958. The fourth-order valence-electron chi connectivity index (χ4n) is 2.54. The summed E-state index contributed by atoms with van der Waals surface area (Å²) in [5, 5.41) is 2.99. The summed E-state index contributed by atoms with van der Waals surface area (Å²) in [5.41, 5.74) is 0.761. The zero-order chi connectivity index (χ0) is 19.6. The molecule has 144 valence electrons. The van der Waals surface area contributed by atoms with Crippen molar-refractivity contribution in [2.24, 2.45) is 0 Å². The van der Waals surface area contributed by atoms with E-state index in [9.17, 15) is 13.2 Å². The largest absolute Gasteiger partial charge is 0.486 e. The van der Waals surface area contributed by atoms with Gasteiger partial charge in [-0.2, -0.15) is 0 Å². The Morgan fingerprint density at radius 2 is 1.78 bits per heavy atom. The maximum absolute atomic E-state index is 12.5. The van der Waals surface area contributed by atoms with Gasteiger partial charge in [0.05, 0.1) is 9.92 Å². The van der Waals surface area contributed by atoms with Crippen molar-refractivity contribution in [2.75, 3.05) is 18.5 Å². The Morgan fingerprint density at radius 1 is 1.11 bits per heavy atom. The van der Waals surface area contributed by atoms with Gasteiger partial charge in [0.1, 0.15) is 13.2 Å². The fraction of sp³-hybridized carbons (Fsp3) is 0.278. The van der Waals surface area contributed by atoms with Crippen molar-refractivity contribution in [3.63, 3.8) is 0 Å². The quantitative estimate of drug-likeness (QED) is 0.790. The minimum absolute atomic E-state index is 0.122. The maximum atomic E-state index is 12.5. The number of ether oxygens (including phenoxy) is 2. The number of carbonyl (C=O) groups is 1. The van der Waals surface area contributed by atoms with Crippen molar-refractivity contribution < 1.29 is 22.7 Å². The third-order valence-electron chi connectivity index (χ3n) is 3.67. The molecule has 1 aliphatic heterocycles. The smallest absolute Gasteiger partial charge is 0.255 e. The number of benzene rings is 2. The van der Waals surface area contributed by atoms with Crippen LogP contribution < -0.4 is 19.5 Å². The number of hydrogen-bond donors (Lipinski definition) is 2. The topological polar surface area (TPSA) is 93.7 Å². The van der Waals surface area contributed by atoms with Crippen molar-refractivity contribution in [1.29, 1.82) is 0 Å². The molecule has 0 unspecified atom stereocenters. The predicted octanol–water partition coefficient (Wildman–Crippen LogP) is 3.05. The lowest BCUT2D eigenvalue weighted by atomic mass is 10.1. The molecule has 1 amide bonds. The number of nitrogens with one attached hydrogen (secondary N) is 2. The number of anilines is 1. The van der Waals surface area contributed by atoms with Crippen LogP contribution in [0.5, 0.6) is 11.5 Å². The molecular weight excluding hydrogens is 392 g/mol. The molecule has 0 bridgehead atoms. The Hall–Kier alpha value is -2.29. The van der Waals surface area contributed by atoms with Gasteiger partial charge in [-0.15, -0.1) is 0 Å². The standard InChI is InChI=1S/C18H19ClN2O5S/c1-11(2)21-27(23,24)14-5-3-13(4-6-14)20-18(22)12-9-15(19)17-16(10-12)25-7-8-26-17/h3-6,9-11,21H,7-8H2,1-2H3,(H,20,22). The number of halogens is 1. The molecule has 0 atom stereocenters. The van der Waals surface area contributed by atoms with Gasteiger partial charge in [-0.1, -0.05) is 11.6 Å². The Kier molecular flexibility index (Phi) is 5.59. The predicted molar refractivity (Wildman–Crippen MR) is 102 cm³/mol. The molecule has 3 rings (SSSR count). The maximum Gasteiger partial charge on any atom is 0.255 e. The molecule has 2 N–H and O–H groups in total. The zero-order valence-electron chi connectivity index (χ0n) is 14.8. The summed E-state index contributed by atoms with van der Waals surface area (Å²) in [6, 6.07) is 8.73. The molecule has 0 aromatic heterocycles. The van der Waals surface area contributed by atoms with E-state index in [1.807, 2.05) is 0 Å². The van der Waals surface area contributed by atoms with Crippen LogP contribution in [0.15, 0.2) is 41.3 Å². The highest BCUT2D eigenvalue weighted by molar-refractivity contribution is 7.89. The third-order valence-corrected chi connectivity index (χ3v) is 5.63. The summed E-state index contributed by atoms with van der Waals surface area (Å²) in [7, 11) is -3.58. The lowest BCUT2D eigenvalue weighted by Crippen LogP contribution is -2.30. The molecule has 2 aromatic rings. The monoisotopic (exact) mass is 410 g/mol. The van der Waals surface area contributed by atoms with Crippen LogP contribution in [0.2, 0.25) is 5.02 Å². The van der Waals surface area contributed by atoms with Crippen molar-refractivity contribution in [3.8, 4) is 11.5 Å². The second kappa shape index (κ2) is 7.75. The van der Waals surface area contributed by atoms with Crippen LogP contribution in [0.25, 0.3) is 0 Å². The summed E-state index contributed by atoms with van der Waals surface area (Å²) in [6.45, 7) is 4.27. The molecule has 0 radical (unpaired) electrons. The van der Waals surface area contributed by atoms with Gasteiger partial charge in [0, 0.05) is 17.3 Å². The summed E-state index contributed by atoms with van der Waals surface area (Å²) in [5.74, 6) is 0.441. The highest BCUT2D eigenvalue weighted by Crippen LogP contribution is 2.38. The number of amides is 1. The van der Waals surface area contributed by atoms with Gasteiger partial charge in [0.15, 0.2) is 11.5 Å². The van der Waals surface area contributed by atoms with E-state index in [4.69, 9.17) is 21.1 Å². The summed E-state index contributed by atoms with van der Waals surface area (Å²) in [4.78, 5) is 12.6. The van der Waals surface area contributed by atoms with E-state index in [1.165, 1.54) is 30.3 Å².